The molecule has 0 radical (unpaired) electrons. The summed E-state index contributed by atoms with van der Waals surface area (Å²) >= 11 is 15.8. The van der Waals surface area contributed by atoms with Crippen molar-refractivity contribution in [3.8, 4) is 0 Å². The number of hydrogen-bond donors (Lipinski definition) is 0. The van der Waals surface area contributed by atoms with Gasteiger partial charge < -0.3 is 4.52 Å². The molecule has 0 aromatic heterocycles. The van der Waals surface area contributed by atoms with Crippen molar-refractivity contribution in [1.82, 2.24) is 0 Å². The van der Waals surface area contributed by atoms with E-state index in [0.717, 1.165) is 0 Å². The Morgan fingerprint density at radius 3 is 1.78 bits per heavy atom. The van der Waals surface area contributed by atoms with E-state index in [4.69, 9.17) is 34.8 Å². The first kappa shape index (κ1) is 10.1. The van der Waals surface area contributed by atoms with Gasteiger partial charge in [0.15, 0.2) is 0 Å². The molecule has 1 unspecified atom stereocenters. The minimum atomic E-state index is -3.06. The van der Waals surface area contributed by atoms with Crippen LogP contribution in [0, 0.1) is 0 Å². The summed E-state index contributed by atoms with van der Waals surface area (Å²) in [7, 11) is -1.82. The van der Waals surface area contributed by atoms with Gasteiger partial charge in [0.25, 0.3) is 3.53 Å². The summed E-state index contributed by atoms with van der Waals surface area (Å²) in [6.07, 6.45) is 0. The Kier molecular flexibility index (Phi) is 3.33. The Bertz CT molecular complexity index is 140. The molecule has 0 amide bonds. The van der Waals surface area contributed by atoms with Crippen LogP contribution in [0.25, 0.3) is 0 Å². The first-order valence-corrected chi connectivity index (χ1v) is 5.22. The highest BCUT2D eigenvalue weighted by Gasteiger charge is 2.40. The van der Waals surface area contributed by atoms with Gasteiger partial charge in [0.05, 0.1) is 0 Å². The molecule has 56 valence electrons. The average molecular weight is 211 g/mol. The van der Waals surface area contributed by atoms with Crippen LogP contribution in [0.15, 0.2) is 0 Å². The molecule has 0 bridgehead atoms. The molecule has 0 fully saturated rings. The van der Waals surface area contributed by atoms with Crippen LogP contribution in [0.5, 0.6) is 0 Å². The third-order valence-corrected chi connectivity index (χ3v) is 5.19. The minimum absolute atomic E-state index is 1.24. The molecular weight excluding hydrogens is 205 g/mol. The van der Waals surface area contributed by atoms with E-state index in [0.29, 0.717) is 0 Å². The fourth-order valence-electron chi connectivity index (χ4n) is 0.104. The second-order valence-corrected chi connectivity index (χ2v) is 7.30. The minimum Gasteiger partial charge on any atom is -0.329 e. The molecule has 0 aliphatic rings. The van der Waals surface area contributed by atoms with Crippen molar-refractivity contribution in [2.45, 2.75) is 3.53 Å². The van der Waals surface area contributed by atoms with E-state index in [1.165, 1.54) is 13.8 Å². The number of halogens is 3. The number of hydrogen-bond acceptors (Lipinski definition) is 2. The van der Waals surface area contributed by atoms with Gasteiger partial charge in [-0.25, -0.2) is 0 Å². The number of alkyl halides is 3. The zero-order valence-corrected chi connectivity index (χ0v) is 8.06. The standard InChI is InChI=1S/C3H6Cl3O2P/c1-8-9(2,7)3(4,5)6/h1-2H3. The second kappa shape index (κ2) is 2.98. The van der Waals surface area contributed by atoms with Gasteiger partial charge in [-0.1, -0.05) is 34.8 Å². The Morgan fingerprint density at radius 1 is 1.44 bits per heavy atom. The van der Waals surface area contributed by atoms with Crippen molar-refractivity contribution in [3.63, 3.8) is 0 Å². The lowest BCUT2D eigenvalue weighted by Gasteiger charge is -2.17. The predicted octanol–water partition coefficient (Wildman–Crippen LogP) is 2.87. The Labute approximate surface area is 68.9 Å². The molecule has 9 heavy (non-hydrogen) atoms. The van der Waals surface area contributed by atoms with Crippen LogP contribution in [0.2, 0.25) is 0 Å². The van der Waals surface area contributed by atoms with E-state index in [1.54, 1.807) is 0 Å². The van der Waals surface area contributed by atoms with E-state index in [9.17, 15) is 4.57 Å². The fraction of sp³-hybridized carbons (Fsp3) is 1.00. The van der Waals surface area contributed by atoms with Gasteiger partial charge in [0, 0.05) is 13.8 Å². The van der Waals surface area contributed by atoms with Crippen LogP contribution in [0.4, 0.5) is 0 Å². The van der Waals surface area contributed by atoms with Crippen molar-refractivity contribution >= 4 is 42.2 Å². The summed E-state index contributed by atoms with van der Waals surface area (Å²) in [5.74, 6) is 0. The zero-order chi connectivity index (χ0) is 7.71. The smallest absolute Gasteiger partial charge is 0.266 e. The third-order valence-electron chi connectivity index (χ3n) is 0.809. The van der Waals surface area contributed by atoms with Crippen LogP contribution in [0.3, 0.4) is 0 Å². The molecule has 0 heterocycles. The van der Waals surface area contributed by atoms with Crippen molar-refractivity contribution in [2.24, 2.45) is 0 Å². The van der Waals surface area contributed by atoms with E-state index in [1.807, 2.05) is 0 Å². The molecule has 0 N–H and O–H groups in total. The molecule has 6 heteroatoms. The highest BCUT2D eigenvalue weighted by Crippen LogP contribution is 2.62. The largest absolute Gasteiger partial charge is 0.329 e. The fourth-order valence-corrected chi connectivity index (χ4v) is 0.932. The van der Waals surface area contributed by atoms with E-state index < -0.39 is 10.9 Å². The molecule has 0 aromatic rings. The second-order valence-electron chi connectivity index (χ2n) is 1.50. The molecule has 0 aromatic carbocycles. The summed E-state index contributed by atoms with van der Waals surface area (Å²) in [6.45, 7) is 1.26. The molecule has 0 aliphatic heterocycles. The molecular formula is C3H6Cl3O2P. The Balaban J connectivity index is 4.35. The maximum absolute atomic E-state index is 11.0. The molecule has 0 saturated heterocycles. The first-order valence-electron chi connectivity index (χ1n) is 2.01. The summed E-state index contributed by atoms with van der Waals surface area (Å²) in [6, 6.07) is 0. The molecule has 0 saturated carbocycles. The van der Waals surface area contributed by atoms with Gasteiger partial charge in [0.2, 0.25) is 7.37 Å². The summed E-state index contributed by atoms with van der Waals surface area (Å²) in [5.41, 5.74) is 0. The predicted molar refractivity (Wildman–Crippen MR) is 40.8 cm³/mol. The lowest BCUT2D eigenvalue weighted by molar-refractivity contribution is 0.399. The Morgan fingerprint density at radius 2 is 1.78 bits per heavy atom. The third kappa shape index (κ3) is 2.65. The Hall–Kier alpha value is 1.06. The zero-order valence-electron chi connectivity index (χ0n) is 4.90. The van der Waals surface area contributed by atoms with Gasteiger partial charge in [-0.15, -0.1) is 0 Å². The van der Waals surface area contributed by atoms with Crippen molar-refractivity contribution in [2.75, 3.05) is 13.8 Å². The van der Waals surface area contributed by atoms with Crippen molar-refractivity contribution in [3.05, 3.63) is 0 Å². The van der Waals surface area contributed by atoms with Gasteiger partial charge in [-0.3, -0.25) is 4.57 Å². The van der Waals surface area contributed by atoms with Gasteiger partial charge in [0.1, 0.15) is 0 Å². The van der Waals surface area contributed by atoms with E-state index >= 15 is 0 Å². The molecule has 1 atom stereocenters. The van der Waals surface area contributed by atoms with Crippen LogP contribution < -0.4 is 0 Å². The highest BCUT2D eigenvalue weighted by molar-refractivity contribution is 7.66. The lowest BCUT2D eigenvalue weighted by Crippen LogP contribution is -2.03. The van der Waals surface area contributed by atoms with Crippen LogP contribution in [-0.4, -0.2) is 17.3 Å². The SMILES string of the molecule is COP(C)(=O)C(Cl)(Cl)Cl. The van der Waals surface area contributed by atoms with Crippen LogP contribution in [0.1, 0.15) is 0 Å². The van der Waals surface area contributed by atoms with Gasteiger partial charge in [-0.05, 0) is 0 Å². The van der Waals surface area contributed by atoms with Gasteiger partial charge >= 0.3 is 0 Å². The topological polar surface area (TPSA) is 26.3 Å². The molecule has 0 rings (SSSR count). The van der Waals surface area contributed by atoms with Crippen molar-refractivity contribution < 1.29 is 9.09 Å². The number of rotatable bonds is 1. The van der Waals surface area contributed by atoms with Crippen LogP contribution in [-0.2, 0) is 9.09 Å². The van der Waals surface area contributed by atoms with E-state index in [2.05, 4.69) is 4.52 Å². The normalized spacial score (nSPS) is 19.2. The summed E-state index contributed by atoms with van der Waals surface area (Å²) < 4.78 is 13.6. The van der Waals surface area contributed by atoms with Gasteiger partial charge in [-0.2, -0.15) is 0 Å². The summed E-state index contributed by atoms with van der Waals surface area (Å²) in [4.78, 5) is 0. The van der Waals surface area contributed by atoms with Crippen molar-refractivity contribution in [1.29, 1.82) is 0 Å². The monoisotopic (exact) mass is 210 g/mol. The average Bonchev–Trinajstić information content (AvgIpc) is 1.64. The first-order chi connectivity index (χ1) is 3.81. The summed E-state index contributed by atoms with van der Waals surface area (Å²) in [5, 5.41) is 0. The maximum Gasteiger partial charge on any atom is 0.266 e. The van der Waals surface area contributed by atoms with Crippen LogP contribution >= 0.6 is 42.2 Å². The molecule has 0 aliphatic carbocycles. The quantitative estimate of drug-likeness (QED) is 0.492. The van der Waals surface area contributed by atoms with E-state index in [-0.39, 0.29) is 0 Å². The highest BCUT2D eigenvalue weighted by atomic mass is 35.6. The molecule has 0 spiro atoms. The lowest BCUT2D eigenvalue weighted by atomic mass is 11.8. The molecule has 2 nitrogen and oxygen atoms in total. The maximum atomic E-state index is 11.0.